The summed E-state index contributed by atoms with van der Waals surface area (Å²) >= 11 is 0. The Hall–Kier alpha value is -3.15. The van der Waals surface area contributed by atoms with Crippen molar-refractivity contribution in [1.29, 1.82) is 0 Å². The van der Waals surface area contributed by atoms with Crippen LogP contribution < -0.4 is 10.2 Å². The smallest absolute Gasteiger partial charge is 0.340 e. The molecular weight excluding hydrogens is 368 g/mol. The molecule has 0 saturated heterocycles. The van der Waals surface area contributed by atoms with Crippen molar-refractivity contribution in [1.82, 2.24) is 0 Å². The summed E-state index contributed by atoms with van der Waals surface area (Å²) < 4.78 is 5.07. The van der Waals surface area contributed by atoms with Crippen molar-refractivity contribution >= 4 is 29.2 Å². The topological polar surface area (TPSA) is 75.7 Å². The average Bonchev–Trinajstić information content (AvgIpc) is 2.65. The van der Waals surface area contributed by atoms with E-state index in [2.05, 4.69) is 26.1 Å². The fourth-order valence-corrected chi connectivity index (χ4v) is 3.04. The second-order valence-corrected chi connectivity index (χ2v) is 7.69. The Bertz CT molecular complexity index is 900. The molecule has 0 spiro atoms. The third kappa shape index (κ3) is 5.67. The number of amides is 2. The van der Waals surface area contributed by atoms with Gasteiger partial charge >= 0.3 is 5.97 Å². The van der Waals surface area contributed by atoms with Crippen molar-refractivity contribution in [2.45, 2.75) is 40.0 Å². The predicted octanol–water partition coefficient (Wildman–Crippen LogP) is 4.15. The number of nitrogens with zero attached hydrogens (tertiary/aromatic N) is 1. The third-order valence-electron chi connectivity index (χ3n) is 4.38. The van der Waals surface area contributed by atoms with Crippen molar-refractivity contribution in [3.63, 3.8) is 0 Å². The van der Waals surface area contributed by atoms with Gasteiger partial charge in [0.1, 0.15) is 6.54 Å². The number of benzene rings is 2. The van der Waals surface area contributed by atoms with Crippen LogP contribution in [0.25, 0.3) is 0 Å². The van der Waals surface area contributed by atoms with E-state index in [1.807, 2.05) is 24.3 Å². The molecule has 0 atom stereocenters. The Balaban J connectivity index is 2.29. The number of carbonyl (C=O) groups is 3. The minimum Gasteiger partial charge on any atom is -0.462 e. The maximum absolute atomic E-state index is 12.8. The number of hydrogen-bond acceptors (Lipinski definition) is 4. The molecule has 29 heavy (non-hydrogen) atoms. The first-order chi connectivity index (χ1) is 13.6. The normalized spacial score (nSPS) is 10.9. The maximum Gasteiger partial charge on any atom is 0.340 e. The van der Waals surface area contributed by atoms with Crippen molar-refractivity contribution < 1.29 is 19.1 Å². The van der Waals surface area contributed by atoms with Crippen molar-refractivity contribution in [2.75, 3.05) is 23.4 Å². The van der Waals surface area contributed by atoms with Crippen LogP contribution in [-0.4, -0.2) is 30.9 Å². The molecule has 0 fully saturated rings. The highest BCUT2D eigenvalue weighted by Gasteiger charge is 2.24. The molecule has 0 aromatic heterocycles. The van der Waals surface area contributed by atoms with Gasteiger partial charge in [-0.15, -0.1) is 0 Å². The number of hydrogen-bond donors (Lipinski definition) is 1. The van der Waals surface area contributed by atoms with Gasteiger partial charge in [0.2, 0.25) is 11.8 Å². The van der Waals surface area contributed by atoms with Gasteiger partial charge in [-0.3, -0.25) is 9.59 Å². The van der Waals surface area contributed by atoms with E-state index in [0.29, 0.717) is 11.4 Å². The number of esters is 1. The van der Waals surface area contributed by atoms with Crippen LogP contribution in [0.5, 0.6) is 0 Å². The van der Waals surface area contributed by atoms with E-state index < -0.39 is 5.97 Å². The number of ether oxygens (including phenoxy) is 1. The molecule has 154 valence electrons. The van der Waals surface area contributed by atoms with Crippen LogP contribution >= 0.6 is 0 Å². The number of para-hydroxylation sites is 2. The Morgan fingerprint density at radius 2 is 1.62 bits per heavy atom. The third-order valence-corrected chi connectivity index (χ3v) is 4.38. The Morgan fingerprint density at radius 1 is 1.00 bits per heavy atom. The van der Waals surface area contributed by atoms with E-state index >= 15 is 0 Å². The van der Waals surface area contributed by atoms with E-state index in [1.54, 1.807) is 31.2 Å². The lowest BCUT2D eigenvalue weighted by Crippen LogP contribution is -2.38. The zero-order chi connectivity index (χ0) is 21.6. The van der Waals surface area contributed by atoms with E-state index in [9.17, 15) is 14.4 Å². The predicted molar refractivity (Wildman–Crippen MR) is 114 cm³/mol. The van der Waals surface area contributed by atoms with Crippen LogP contribution in [0.4, 0.5) is 11.4 Å². The quantitative estimate of drug-likeness (QED) is 0.744. The van der Waals surface area contributed by atoms with Crippen LogP contribution in [0.3, 0.4) is 0 Å². The van der Waals surface area contributed by atoms with Gasteiger partial charge in [0.15, 0.2) is 0 Å². The molecule has 2 rings (SSSR count). The highest BCUT2D eigenvalue weighted by Crippen LogP contribution is 2.29. The van der Waals surface area contributed by atoms with Gasteiger partial charge in [0, 0.05) is 12.6 Å². The number of anilines is 2. The minimum absolute atomic E-state index is 0.152. The summed E-state index contributed by atoms with van der Waals surface area (Å²) in [4.78, 5) is 38.6. The molecule has 2 amide bonds. The van der Waals surface area contributed by atoms with Crippen LogP contribution in [0.2, 0.25) is 0 Å². The minimum atomic E-state index is -0.534. The van der Waals surface area contributed by atoms with Crippen LogP contribution in [0.1, 0.15) is 50.5 Å². The average molecular weight is 396 g/mol. The highest BCUT2D eigenvalue weighted by atomic mass is 16.5. The van der Waals surface area contributed by atoms with E-state index in [-0.39, 0.29) is 35.9 Å². The zero-order valence-electron chi connectivity index (χ0n) is 17.6. The fourth-order valence-electron chi connectivity index (χ4n) is 3.04. The van der Waals surface area contributed by atoms with Gasteiger partial charge in [-0.05, 0) is 36.1 Å². The second-order valence-electron chi connectivity index (χ2n) is 7.69. The first-order valence-corrected chi connectivity index (χ1v) is 9.58. The molecule has 6 nitrogen and oxygen atoms in total. The molecule has 0 saturated carbocycles. The zero-order valence-corrected chi connectivity index (χ0v) is 17.6. The summed E-state index contributed by atoms with van der Waals surface area (Å²) in [5.41, 5.74) is 2.13. The molecular formula is C23H28N2O4. The Labute approximate surface area is 171 Å². The molecule has 0 aliphatic rings. The van der Waals surface area contributed by atoms with Crippen molar-refractivity contribution in [3.05, 3.63) is 59.7 Å². The summed E-state index contributed by atoms with van der Waals surface area (Å²) in [6, 6.07) is 14.2. The fraction of sp³-hybridized carbons (Fsp3) is 0.348. The monoisotopic (exact) mass is 396 g/mol. The van der Waals surface area contributed by atoms with Crippen LogP contribution in [0.15, 0.2) is 48.5 Å². The molecule has 0 heterocycles. The first-order valence-electron chi connectivity index (χ1n) is 9.58. The Kier molecular flexibility index (Phi) is 7.15. The maximum atomic E-state index is 12.8. The highest BCUT2D eigenvalue weighted by molar-refractivity contribution is 6.06. The molecule has 2 aromatic carbocycles. The standard InChI is InChI=1S/C23H28N2O4/c1-6-29-22(28)17-11-7-10-14-20(17)25(16(2)26)15-21(27)24-19-13-9-8-12-18(19)23(3,4)5/h7-14H,6,15H2,1-5H3,(H,24,27). The van der Waals surface area contributed by atoms with Gasteiger partial charge in [-0.25, -0.2) is 4.79 Å². The van der Waals surface area contributed by atoms with Gasteiger partial charge in [-0.1, -0.05) is 51.1 Å². The molecule has 0 aliphatic heterocycles. The molecule has 2 aromatic rings. The second kappa shape index (κ2) is 9.37. The molecule has 0 aliphatic carbocycles. The molecule has 0 radical (unpaired) electrons. The van der Waals surface area contributed by atoms with Crippen molar-refractivity contribution in [2.24, 2.45) is 0 Å². The lowest BCUT2D eigenvalue weighted by molar-refractivity contribution is -0.120. The first kappa shape index (κ1) is 22.1. The van der Waals surface area contributed by atoms with Gasteiger partial charge in [0.25, 0.3) is 0 Å². The summed E-state index contributed by atoms with van der Waals surface area (Å²) in [6.07, 6.45) is 0. The molecule has 1 N–H and O–H groups in total. The molecule has 0 bridgehead atoms. The summed E-state index contributed by atoms with van der Waals surface area (Å²) in [7, 11) is 0. The number of nitrogens with one attached hydrogen (secondary N) is 1. The Morgan fingerprint density at radius 3 is 2.24 bits per heavy atom. The van der Waals surface area contributed by atoms with Crippen molar-refractivity contribution in [3.8, 4) is 0 Å². The van der Waals surface area contributed by atoms with Gasteiger partial charge in [-0.2, -0.15) is 0 Å². The SMILES string of the molecule is CCOC(=O)c1ccccc1N(CC(=O)Nc1ccccc1C(C)(C)C)C(C)=O. The lowest BCUT2D eigenvalue weighted by atomic mass is 9.86. The summed E-state index contributed by atoms with van der Waals surface area (Å²) in [6.45, 7) is 9.27. The van der Waals surface area contributed by atoms with E-state index in [1.165, 1.54) is 11.8 Å². The van der Waals surface area contributed by atoms with Crippen LogP contribution in [-0.2, 0) is 19.7 Å². The van der Waals surface area contributed by atoms with E-state index in [0.717, 1.165) is 5.56 Å². The molecule has 0 unspecified atom stereocenters. The molecule has 6 heteroatoms. The largest absolute Gasteiger partial charge is 0.462 e. The summed E-state index contributed by atoms with van der Waals surface area (Å²) in [5.74, 6) is -1.23. The van der Waals surface area contributed by atoms with Gasteiger partial charge < -0.3 is 15.0 Å². The van der Waals surface area contributed by atoms with Gasteiger partial charge in [0.05, 0.1) is 17.9 Å². The number of carbonyl (C=O) groups excluding carboxylic acids is 3. The van der Waals surface area contributed by atoms with E-state index in [4.69, 9.17) is 4.74 Å². The number of rotatable bonds is 6. The van der Waals surface area contributed by atoms with Crippen LogP contribution in [0, 0.1) is 0 Å². The lowest BCUT2D eigenvalue weighted by Gasteiger charge is -2.25. The summed E-state index contributed by atoms with van der Waals surface area (Å²) in [5, 5.41) is 2.90.